The molecule has 0 aromatic heterocycles. The molecule has 0 aromatic rings. The van der Waals surface area contributed by atoms with E-state index in [9.17, 15) is 0 Å². The van der Waals surface area contributed by atoms with Crippen LogP contribution in [-0.4, -0.2) is 18.0 Å². The fraction of sp³-hybridized carbons (Fsp3) is 0.769. The van der Waals surface area contributed by atoms with E-state index in [0.717, 1.165) is 12.8 Å². The van der Waals surface area contributed by atoms with Crippen molar-refractivity contribution in [2.24, 2.45) is 16.1 Å². The molecule has 0 aromatic carbocycles. The maximum absolute atomic E-state index is 5.87. The Bertz CT molecular complexity index is 293. The normalized spacial score (nSPS) is 19.3. The van der Waals surface area contributed by atoms with Crippen LogP contribution in [0.4, 0.5) is 0 Å². The van der Waals surface area contributed by atoms with Gasteiger partial charge in [0.2, 0.25) is 0 Å². The zero-order valence-electron chi connectivity index (χ0n) is 11.0. The van der Waals surface area contributed by atoms with Gasteiger partial charge < -0.3 is 11.1 Å². The van der Waals surface area contributed by atoms with Crippen molar-refractivity contribution in [1.82, 2.24) is 5.32 Å². The molecule has 0 bridgehead atoms. The minimum Gasteiger partial charge on any atom is -0.370 e. The molecule has 3 nitrogen and oxygen atoms in total. The maximum atomic E-state index is 5.87. The molecule has 0 aliphatic heterocycles. The van der Waals surface area contributed by atoms with Crippen LogP contribution in [0.2, 0.25) is 0 Å². The van der Waals surface area contributed by atoms with Gasteiger partial charge in [-0.25, -0.2) is 0 Å². The van der Waals surface area contributed by atoms with Gasteiger partial charge in [0.15, 0.2) is 5.96 Å². The highest BCUT2D eigenvalue weighted by Crippen LogP contribution is 2.21. The van der Waals surface area contributed by atoms with Gasteiger partial charge in [-0.1, -0.05) is 39.5 Å². The van der Waals surface area contributed by atoms with Gasteiger partial charge in [-0.05, 0) is 18.3 Å². The average molecular weight is 349 g/mol. The first-order valence-corrected chi connectivity index (χ1v) is 5.99. The Morgan fingerprint density at radius 3 is 2.35 bits per heavy atom. The van der Waals surface area contributed by atoms with Crippen molar-refractivity contribution in [3.63, 3.8) is 0 Å². The van der Waals surface area contributed by atoms with Gasteiger partial charge in [0.25, 0.3) is 0 Å². The van der Waals surface area contributed by atoms with Gasteiger partial charge in [0.05, 0.1) is 12.1 Å². The quantitative estimate of drug-likeness (QED) is 0.348. The predicted molar refractivity (Wildman–Crippen MR) is 84.5 cm³/mol. The van der Waals surface area contributed by atoms with Crippen LogP contribution in [0.1, 0.15) is 46.5 Å². The maximum Gasteiger partial charge on any atom is 0.189 e. The fourth-order valence-corrected chi connectivity index (χ4v) is 1.92. The second-order valence-corrected chi connectivity index (χ2v) is 5.56. The summed E-state index contributed by atoms with van der Waals surface area (Å²) in [5.41, 5.74) is 5.86. The zero-order valence-corrected chi connectivity index (χ0v) is 13.3. The van der Waals surface area contributed by atoms with Crippen LogP contribution in [0.25, 0.3) is 0 Å². The van der Waals surface area contributed by atoms with Crippen molar-refractivity contribution in [2.45, 2.75) is 58.5 Å². The summed E-state index contributed by atoms with van der Waals surface area (Å²) in [4.78, 5) is 4.46. The molecule has 1 unspecified atom stereocenters. The highest BCUT2D eigenvalue weighted by molar-refractivity contribution is 14.0. The number of nitrogens with zero attached hydrogens (tertiary/aromatic N) is 1. The standard InChI is InChI=1S/C13H23N3.HI/c1-5-11(13(2,3)4)16-12(14)15-10-8-6-7-9-10;/h1,10-11H,6-9H2,2-4H3,(H3,14,15,16);1H. The number of halogens is 1. The summed E-state index contributed by atoms with van der Waals surface area (Å²) in [6, 6.07) is 0.323. The molecule has 0 saturated heterocycles. The van der Waals surface area contributed by atoms with E-state index in [0.29, 0.717) is 12.0 Å². The lowest BCUT2D eigenvalue weighted by molar-refractivity contribution is 0.351. The molecule has 0 amide bonds. The van der Waals surface area contributed by atoms with E-state index in [4.69, 9.17) is 12.2 Å². The van der Waals surface area contributed by atoms with E-state index in [1.54, 1.807) is 0 Å². The first-order valence-electron chi connectivity index (χ1n) is 5.99. The molecule has 0 heterocycles. The lowest BCUT2D eigenvalue weighted by Crippen LogP contribution is -2.46. The van der Waals surface area contributed by atoms with E-state index in [1.807, 2.05) is 0 Å². The second-order valence-electron chi connectivity index (χ2n) is 5.56. The van der Waals surface area contributed by atoms with Crippen LogP contribution in [-0.2, 0) is 0 Å². The lowest BCUT2D eigenvalue weighted by atomic mass is 9.87. The summed E-state index contributed by atoms with van der Waals surface area (Å²) >= 11 is 0. The third-order valence-electron chi connectivity index (χ3n) is 2.97. The molecule has 1 atom stereocenters. The molecular formula is C13H24IN3. The monoisotopic (exact) mass is 349 g/mol. The average Bonchev–Trinajstić information content (AvgIpc) is 2.64. The number of hydrogen-bond acceptors (Lipinski definition) is 1. The predicted octanol–water partition coefficient (Wildman–Crippen LogP) is 2.50. The molecular weight excluding hydrogens is 325 g/mol. The second kappa shape index (κ2) is 7.10. The molecule has 1 rings (SSSR count). The van der Waals surface area contributed by atoms with E-state index in [2.05, 4.69) is 37.0 Å². The highest BCUT2D eigenvalue weighted by atomic mass is 127. The summed E-state index contributed by atoms with van der Waals surface area (Å²) in [5.74, 6) is 3.22. The third-order valence-corrected chi connectivity index (χ3v) is 2.97. The van der Waals surface area contributed by atoms with Gasteiger partial charge in [-0.15, -0.1) is 30.4 Å². The van der Waals surface area contributed by atoms with Crippen LogP contribution < -0.4 is 11.1 Å². The molecule has 98 valence electrons. The van der Waals surface area contributed by atoms with Gasteiger partial charge in [0, 0.05) is 0 Å². The van der Waals surface area contributed by atoms with Crippen molar-refractivity contribution < 1.29 is 0 Å². The number of rotatable bonds is 2. The number of terminal acetylenes is 1. The molecule has 1 saturated carbocycles. The van der Waals surface area contributed by atoms with E-state index in [1.165, 1.54) is 12.8 Å². The van der Waals surface area contributed by atoms with Crippen LogP contribution in [0.15, 0.2) is 4.99 Å². The molecule has 1 fully saturated rings. The van der Waals surface area contributed by atoms with Gasteiger partial charge in [-0.3, -0.25) is 4.99 Å². The van der Waals surface area contributed by atoms with Gasteiger partial charge >= 0.3 is 0 Å². The molecule has 4 heteroatoms. The van der Waals surface area contributed by atoms with Crippen LogP contribution >= 0.6 is 24.0 Å². The number of nitrogens with one attached hydrogen (secondary N) is 1. The van der Waals surface area contributed by atoms with E-state index < -0.39 is 0 Å². The van der Waals surface area contributed by atoms with E-state index in [-0.39, 0.29) is 35.4 Å². The number of nitrogens with two attached hydrogens (primary N) is 1. The van der Waals surface area contributed by atoms with Crippen molar-refractivity contribution in [1.29, 1.82) is 0 Å². The van der Waals surface area contributed by atoms with Crippen molar-refractivity contribution in [3.8, 4) is 12.3 Å². The number of guanidine groups is 1. The summed E-state index contributed by atoms with van der Waals surface area (Å²) in [6.07, 6.45) is 10.3. The third kappa shape index (κ3) is 5.62. The Labute approximate surface area is 122 Å². The summed E-state index contributed by atoms with van der Waals surface area (Å²) in [6.45, 7) is 6.27. The largest absolute Gasteiger partial charge is 0.370 e. The smallest absolute Gasteiger partial charge is 0.189 e. The Morgan fingerprint density at radius 1 is 1.41 bits per heavy atom. The Morgan fingerprint density at radius 2 is 1.94 bits per heavy atom. The molecule has 0 spiro atoms. The molecule has 17 heavy (non-hydrogen) atoms. The van der Waals surface area contributed by atoms with Gasteiger partial charge in [-0.2, -0.15) is 0 Å². The Kier molecular flexibility index (Phi) is 6.91. The molecule has 3 N–H and O–H groups in total. The molecule has 1 aliphatic carbocycles. The molecule has 1 aliphatic rings. The molecule has 0 radical (unpaired) electrons. The number of hydrogen-bond donors (Lipinski definition) is 2. The lowest BCUT2D eigenvalue weighted by Gasteiger charge is -2.27. The Hall–Kier alpha value is -0.440. The van der Waals surface area contributed by atoms with Crippen molar-refractivity contribution in [2.75, 3.05) is 0 Å². The fourth-order valence-electron chi connectivity index (χ4n) is 1.92. The van der Waals surface area contributed by atoms with Crippen LogP contribution in [0.3, 0.4) is 0 Å². The first kappa shape index (κ1) is 16.6. The van der Waals surface area contributed by atoms with Crippen molar-refractivity contribution >= 4 is 29.9 Å². The topological polar surface area (TPSA) is 50.4 Å². The van der Waals surface area contributed by atoms with Crippen LogP contribution in [0.5, 0.6) is 0 Å². The first-order chi connectivity index (χ1) is 7.43. The highest BCUT2D eigenvalue weighted by Gasteiger charge is 2.23. The minimum atomic E-state index is -0.0716. The minimum absolute atomic E-state index is 0. The Balaban J connectivity index is 0.00000256. The SMILES string of the molecule is C#CC(NC(N)=NC1CCCC1)C(C)(C)C.I. The van der Waals surface area contributed by atoms with Crippen LogP contribution in [0, 0.1) is 17.8 Å². The van der Waals surface area contributed by atoms with E-state index >= 15 is 0 Å². The zero-order chi connectivity index (χ0) is 12.2. The van der Waals surface area contributed by atoms with Gasteiger partial charge in [0.1, 0.15) is 0 Å². The summed E-state index contributed by atoms with van der Waals surface area (Å²) < 4.78 is 0. The summed E-state index contributed by atoms with van der Waals surface area (Å²) in [7, 11) is 0. The van der Waals surface area contributed by atoms with Crippen molar-refractivity contribution in [3.05, 3.63) is 0 Å². The number of aliphatic imine (C=N–C) groups is 1. The summed E-state index contributed by atoms with van der Waals surface area (Å²) in [5, 5.41) is 3.13.